The molecule has 1 fully saturated rings. The second kappa shape index (κ2) is 9.57. The Morgan fingerprint density at radius 1 is 1.21 bits per heavy atom. The van der Waals surface area contributed by atoms with Gasteiger partial charge in [0.05, 0.1) is 10.6 Å². The molecule has 1 aliphatic rings. The Hall–Kier alpha value is -3.21. The third-order valence-corrected chi connectivity index (χ3v) is 8.53. The normalized spacial score (nSPS) is 15.2. The molecule has 1 saturated heterocycles. The van der Waals surface area contributed by atoms with Crippen molar-refractivity contribution < 1.29 is 18.0 Å². The molecule has 1 N–H and O–H groups in total. The van der Waals surface area contributed by atoms with Crippen LogP contribution in [0.5, 0.6) is 0 Å². The summed E-state index contributed by atoms with van der Waals surface area (Å²) in [4.78, 5) is 44.4. The maximum atomic E-state index is 13.5. The summed E-state index contributed by atoms with van der Waals surface area (Å²) < 4.78 is 28.3. The fourth-order valence-electron chi connectivity index (χ4n) is 4.42. The van der Waals surface area contributed by atoms with E-state index < -0.39 is 26.7 Å². The van der Waals surface area contributed by atoms with E-state index in [0.717, 1.165) is 12.8 Å². The van der Waals surface area contributed by atoms with Crippen molar-refractivity contribution in [3.8, 4) is 0 Å². The standard InChI is InChI=1S/C23H29N5O5S/c1-3-4-10-27-18(14-17-21(27)25-19-7-5-6-11-28(19)22(17)30)23(31)26-12-8-16(9-13-26)34(32,33)15-20(29)24-2/h5-7,11,14,16H,3-4,8-10,12-13,15H2,1-2H3,(H,24,29). The number of aromatic nitrogens is 3. The number of amides is 2. The molecule has 11 heteroatoms. The Morgan fingerprint density at radius 3 is 2.62 bits per heavy atom. The van der Waals surface area contributed by atoms with Crippen LogP contribution in [0.3, 0.4) is 0 Å². The van der Waals surface area contributed by atoms with Crippen molar-refractivity contribution in [3.05, 3.63) is 46.5 Å². The number of piperidine rings is 1. The molecule has 0 bridgehead atoms. The van der Waals surface area contributed by atoms with Gasteiger partial charge in [0.2, 0.25) is 5.91 Å². The summed E-state index contributed by atoms with van der Waals surface area (Å²) >= 11 is 0. The summed E-state index contributed by atoms with van der Waals surface area (Å²) in [5.41, 5.74) is 1.15. The highest BCUT2D eigenvalue weighted by molar-refractivity contribution is 7.92. The number of sulfone groups is 1. The van der Waals surface area contributed by atoms with Gasteiger partial charge >= 0.3 is 0 Å². The molecule has 10 nitrogen and oxygen atoms in total. The van der Waals surface area contributed by atoms with Crippen LogP contribution in [0, 0.1) is 0 Å². The number of likely N-dealkylation sites (tertiary alicyclic amines) is 1. The number of nitrogens with one attached hydrogen (secondary N) is 1. The van der Waals surface area contributed by atoms with Gasteiger partial charge in [0, 0.05) is 32.9 Å². The molecular formula is C23H29N5O5S. The van der Waals surface area contributed by atoms with Crippen LogP contribution in [0.15, 0.2) is 35.3 Å². The lowest BCUT2D eigenvalue weighted by atomic mass is 10.1. The number of aryl methyl sites for hydroxylation is 1. The maximum absolute atomic E-state index is 13.5. The van der Waals surface area contributed by atoms with Gasteiger partial charge in [-0.3, -0.25) is 18.8 Å². The molecule has 3 aromatic heterocycles. The molecule has 0 spiro atoms. The predicted octanol–water partition coefficient (Wildman–Crippen LogP) is 1.21. The lowest BCUT2D eigenvalue weighted by molar-refractivity contribution is -0.118. The lowest BCUT2D eigenvalue weighted by Crippen LogP contribution is -2.44. The monoisotopic (exact) mass is 487 g/mol. The van der Waals surface area contributed by atoms with E-state index in [4.69, 9.17) is 0 Å². The van der Waals surface area contributed by atoms with Gasteiger partial charge in [0.25, 0.3) is 11.5 Å². The Bertz CT molecular complexity index is 1400. The number of carbonyl (C=O) groups is 2. The average Bonchev–Trinajstić information content (AvgIpc) is 3.20. The number of fused-ring (bicyclic) bond motifs is 2. The van der Waals surface area contributed by atoms with E-state index in [2.05, 4.69) is 17.2 Å². The number of hydrogen-bond acceptors (Lipinski definition) is 6. The highest BCUT2D eigenvalue weighted by Crippen LogP contribution is 2.23. The number of carbonyl (C=O) groups excluding carboxylic acids is 2. The van der Waals surface area contributed by atoms with Crippen molar-refractivity contribution in [2.24, 2.45) is 0 Å². The summed E-state index contributed by atoms with van der Waals surface area (Å²) in [6, 6.07) is 6.92. The molecule has 0 saturated carbocycles. The van der Waals surface area contributed by atoms with E-state index in [1.807, 2.05) is 4.57 Å². The molecule has 0 unspecified atom stereocenters. The Morgan fingerprint density at radius 2 is 1.94 bits per heavy atom. The van der Waals surface area contributed by atoms with Crippen LogP contribution in [0.4, 0.5) is 0 Å². The highest BCUT2D eigenvalue weighted by Gasteiger charge is 2.34. The number of nitrogens with zero attached hydrogens (tertiary/aromatic N) is 4. The van der Waals surface area contributed by atoms with Crippen molar-refractivity contribution >= 4 is 38.3 Å². The fraction of sp³-hybridized carbons (Fsp3) is 0.478. The van der Waals surface area contributed by atoms with Crippen LogP contribution < -0.4 is 10.9 Å². The van der Waals surface area contributed by atoms with Crippen molar-refractivity contribution in [1.29, 1.82) is 0 Å². The van der Waals surface area contributed by atoms with E-state index >= 15 is 0 Å². The van der Waals surface area contributed by atoms with Gasteiger partial charge in [-0.05, 0) is 37.5 Å². The van der Waals surface area contributed by atoms with E-state index in [9.17, 15) is 22.8 Å². The Balaban J connectivity index is 1.64. The number of pyridine rings is 1. The van der Waals surface area contributed by atoms with E-state index in [1.165, 1.54) is 11.4 Å². The molecule has 0 aliphatic carbocycles. The smallest absolute Gasteiger partial charge is 0.270 e. The first-order valence-electron chi connectivity index (χ1n) is 11.5. The quantitative estimate of drug-likeness (QED) is 0.535. The minimum absolute atomic E-state index is 0.232. The third kappa shape index (κ3) is 4.44. The molecule has 0 radical (unpaired) electrons. The predicted molar refractivity (Wildman–Crippen MR) is 129 cm³/mol. The van der Waals surface area contributed by atoms with E-state index in [-0.39, 0.29) is 37.4 Å². The first kappa shape index (κ1) is 23.9. The van der Waals surface area contributed by atoms with Crippen LogP contribution in [0.1, 0.15) is 43.1 Å². The molecule has 4 rings (SSSR count). The first-order valence-corrected chi connectivity index (χ1v) is 13.2. The Kier molecular flexibility index (Phi) is 6.74. The first-order chi connectivity index (χ1) is 16.3. The molecular weight excluding hydrogens is 458 g/mol. The zero-order valence-corrected chi connectivity index (χ0v) is 20.2. The maximum Gasteiger partial charge on any atom is 0.270 e. The van der Waals surface area contributed by atoms with Gasteiger partial charge in [0.15, 0.2) is 9.84 Å². The average molecular weight is 488 g/mol. The number of rotatable bonds is 7. The second-order valence-electron chi connectivity index (χ2n) is 8.59. The highest BCUT2D eigenvalue weighted by atomic mass is 32.2. The molecule has 3 aromatic rings. The van der Waals surface area contributed by atoms with Gasteiger partial charge in [-0.25, -0.2) is 13.4 Å². The van der Waals surface area contributed by atoms with Crippen molar-refractivity contribution in [2.75, 3.05) is 25.9 Å². The zero-order chi connectivity index (χ0) is 24.5. The summed E-state index contributed by atoms with van der Waals surface area (Å²) in [7, 11) is -2.18. The molecule has 34 heavy (non-hydrogen) atoms. The SMILES string of the molecule is CCCCn1c(C(=O)N2CCC(S(=O)(=O)CC(=O)NC)CC2)cc2c(=O)n3ccccc3nc21. The van der Waals surface area contributed by atoms with Crippen molar-refractivity contribution in [3.63, 3.8) is 0 Å². The fourth-order valence-corrected chi connectivity index (χ4v) is 6.10. The van der Waals surface area contributed by atoms with Crippen LogP contribution in [-0.2, 0) is 21.2 Å². The zero-order valence-electron chi connectivity index (χ0n) is 19.4. The summed E-state index contributed by atoms with van der Waals surface area (Å²) in [6.45, 7) is 3.13. The van der Waals surface area contributed by atoms with E-state index in [0.29, 0.717) is 28.9 Å². The molecule has 1 aliphatic heterocycles. The summed E-state index contributed by atoms with van der Waals surface area (Å²) in [6.07, 6.45) is 3.92. The molecule has 182 valence electrons. The minimum atomic E-state index is -3.59. The number of unbranched alkanes of at least 4 members (excludes halogenated alkanes) is 1. The molecule has 4 heterocycles. The van der Waals surface area contributed by atoms with Crippen molar-refractivity contribution in [1.82, 2.24) is 24.2 Å². The second-order valence-corrected chi connectivity index (χ2v) is 10.9. The lowest BCUT2D eigenvalue weighted by Gasteiger charge is -2.31. The van der Waals surface area contributed by atoms with Crippen LogP contribution >= 0.6 is 0 Å². The van der Waals surface area contributed by atoms with Crippen molar-refractivity contribution in [2.45, 2.75) is 44.4 Å². The van der Waals surface area contributed by atoms with Gasteiger partial charge in [-0.15, -0.1) is 0 Å². The van der Waals surface area contributed by atoms with Gasteiger partial charge < -0.3 is 14.8 Å². The topological polar surface area (TPSA) is 123 Å². The number of hydrogen-bond donors (Lipinski definition) is 1. The third-order valence-electron chi connectivity index (χ3n) is 6.38. The minimum Gasteiger partial charge on any atom is -0.358 e. The van der Waals surface area contributed by atoms with Crippen LogP contribution in [-0.4, -0.2) is 70.2 Å². The molecule has 0 atom stereocenters. The van der Waals surface area contributed by atoms with Gasteiger partial charge in [0.1, 0.15) is 22.7 Å². The van der Waals surface area contributed by atoms with Crippen LogP contribution in [0.25, 0.3) is 16.7 Å². The molecule has 2 amide bonds. The van der Waals surface area contributed by atoms with Crippen LogP contribution in [0.2, 0.25) is 0 Å². The van der Waals surface area contributed by atoms with Gasteiger partial charge in [-0.2, -0.15) is 0 Å². The van der Waals surface area contributed by atoms with E-state index in [1.54, 1.807) is 35.4 Å². The summed E-state index contributed by atoms with van der Waals surface area (Å²) in [5.74, 6) is -1.33. The van der Waals surface area contributed by atoms with Gasteiger partial charge in [-0.1, -0.05) is 19.4 Å². The summed E-state index contributed by atoms with van der Waals surface area (Å²) in [5, 5.41) is 2.07. The Labute approximate surface area is 197 Å². The molecule has 0 aromatic carbocycles. The largest absolute Gasteiger partial charge is 0.358 e.